The molecule has 1 aliphatic rings. The van der Waals surface area contributed by atoms with Crippen LogP contribution in [0.5, 0.6) is 0 Å². The van der Waals surface area contributed by atoms with E-state index in [1.165, 1.54) is 23.1 Å². The number of ether oxygens (including phenoxy) is 2. The van der Waals surface area contributed by atoms with Gasteiger partial charge in [0.05, 0.1) is 24.5 Å². The summed E-state index contributed by atoms with van der Waals surface area (Å²) in [5.41, 5.74) is 2.70. The number of hydrogen-bond donors (Lipinski definition) is 2. The summed E-state index contributed by atoms with van der Waals surface area (Å²) in [6.45, 7) is 9.98. The summed E-state index contributed by atoms with van der Waals surface area (Å²) < 4.78 is 10.8. The first-order valence-corrected chi connectivity index (χ1v) is 15.4. The normalized spacial score (nSPS) is 12.7. The third kappa shape index (κ3) is 8.13. The summed E-state index contributed by atoms with van der Waals surface area (Å²) in [6.07, 6.45) is 0.0313. The maximum atomic E-state index is 13.0. The van der Waals surface area contributed by atoms with Crippen LogP contribution >= 0.6 is 23.1 Å². The monoisotopic (exact) mass is 609 g/mol. The third-order valence-electron chi connectivity index (χ3n) is 6.18. The van der Waals surface area contributed by atoms with E-state index in [9.17, 15) is 19.2 Å². The van der Waals surface area contributed by atoms with E-state index in [0.29, 0.717) is 34.8 Å². The number of amides is 3. The van der Waals surface area contributed by atoms with Gasteiger partial charge in [0.25, 0.3) is 5.91 Å². The molecule has 4 rings (SSSR count). The minimum atomic E-state index is -0.619. The molecule has 42 heavy (non-hydrogen) atoms. The molecule has 0 atom stereocenters. The number of fused-ring (bicyclic) bond motifs is 1. The van der Waals surface area contributed by atoms with Gasteiger partial charge in [-0.1, -0.05) is 23.8 Å². The molecule has 3 aromatic rings. The SMILES string of the molecule is CCOC(=O)c1c(NC(=O)CSc2cccc(NC(=O)c3cccc(C)c3)c2)sc2c1CCN(C(=O)OC(C)(C)C)C2. The van der Waals surface area contributed by atoms with Crippen molar-refractivity contribution in [3.63, 3.8) is 0 Å². The first-order valence-electron chi connectivity index (χ1n) is 13.6. The van der Waals surface area contributed by atoms with Gasteiger partial charge in [-0.3, -0.25) is 9.59 Å². The first kappa shape index (κ1) is 31.1. The Morgan fingerprint density at radius 3 is 2.52 bits per heavy atom. The zero-order valence-electron chi connectivity index (χ0n) is 24.4. The van der Waals surface area contributed by atoms with Crippen molar-refractivity contribution in [2.75, 3.05) is 29.5 Å². The number of hydrogen-bond acceptors (Lipinski definition) is 8. The lowest BCUT2D eigenvalue weighted by atomic mass is 10.0. The van der Waals surface area contributed by atoms with Crippen LogP contribution in [-0.2, 0) is 27.2 Å². The fourth-order valence-electron chi connectivity index (χ4n) is 4.36. The maximum Gasteiger partial charge on any atom is 0.410 e. The number of rotatable bonds is 8. The maximum absolute atomic E-state index is 13.0. The van der Waals surface area contributed by atoms with Crippen molar-refractivity contribution < 1.29 is 28.7 Å². The highest BCUT2D eigenvalue weighted by Gasteiger charge is 2.32. The van der Waals surface area contributed by atoms with Crippen molar-refractivity contribution in [1.82, 2.24) is 4.90 Å². The van der Waals surface area contributed by atoms with Gasteiger partial charge >= 0.3 is 12.1 Å². The zero-order valence-corrected chi connectivity index (χ0v) is 26.0. The average Bonchev–Trinajstić information content (AvgIpc) is 3.28. The van der Waals surface area contributed by atoms with Crippen LogP contribution in [0.25, 0.3) is 0 Å². The molecule has 11 heteroatoms. The molecule has 1 aromatic heterocycles. The highest BCUT2D eigenvalue weighted by molar-refractivity contribution is 8.00. The Morgan fingerprint density at radius 2 is 1.81 bits per heavy atom. The second-order valence-electron chi connectivity index (χ2n) is 10.8. The molecule has 1 aliphatic heterocycles. The van der Waals surface area contributed by atoms with Gasteiger partial charge in [0, 0.05) is 27.6 Å². The topological polar surface area (TPSA) is 114 Å². The number of nitrogens with zero attached hydrogens (tertiary/aromatic N) is 1. The summed E-state index contributed by atoms with van der Waals surface area (Å²) in [7, 11) is 0. The number of thiophene rings is 1. The largest absolute Gasteiger partial charge is 0.462 e. The van der Waals surface area contributed by atoms with Gasteiger partial charge in [-0.2, -0.15) is 0 Å². The molecule has 2 aromatic carbocycles. The van der Waals surface area contributed by atoms with Crippen LogP contribution < -0.4 is 10.6 Å². The van der Waals surface area contributed by atoms with Crippen molar-refractivity contribution in [1.29, 1.82) is 0 Å². The molecule has 0 unspecified atom stereocenters. The van der Waals surface area contributed by atoms with Crippen LogP contribution in [0.1, 0.15) is 64.4 Å². The van der Waals surface area contributed by atoms with Gasteiger partial charge < -0.3 is 25.0 Å². The minimum absolute atomic E-state index is 0.0874. The number of carbonyl (C=O) groups excluding carboxylic acids is 4. The molecule has 0 bridgehead atoms. The quantitative estimate of drug-likeness (QED) is 0.221. The molecule has 0 radical (unpaired) electrons. The number of benzene rings is 2. The smallest absolute Gasteiger partial charge is 0.410 e. The zero-order chi connectivity index (χ0) is 30.4. The Hall–Kier alpha value is -3.83. The predicted molar refractivity (Wildman–Crippen MR) is 166 cm³/mol. The number of carbonyl (C=O) groups is 4. The lowest BCUT2D eigenvalue weighted by molar-refractivity contribution is -0.113. The van der Waals surface area contributed by atoms with Crippen molar-refractivity contribution in [3.8, 4) is 0 Å². The molecule has 222 valence electrons. The lowest BCUT2D eigenvalue weighted by Gasteiger charge is -2.30. The summed E-state index contributed by atoms with van der Waals surface area (Å²) in [4.78, 5) is 54.4. The lowest BCUT2D eigenvalue weighted by Crippen LogP contribution is -2.39. The average molecular weight is 610 g/mol. The van der Waals surface area contributed by atoms with Gasteiger partial charge in [-0.05, 0) is 76.9 Å². The Labute approximate surface area is 254 Å². The predicted octanol–water partition coefficient (Wildman–Crippen LogP) is 6.51. The van der Waals surface area contributed by atoms with E-state index in [-0.39, 0.29) is 30.7 Å². The first-order chi connectivity index (χ1) is 19.9. The summed E-state index contributed by atoms with van der Waals surface area (Å²) in [5, 5.41) is 6.20. The Kier molecular flexibility index (Phi) is 9.95. The Morgan fingerprint density at radius 1 is 1.05 bits per heavy atom. The van der Waals surface area contributed by atoms with E-state index in [0.717, 1.165) is 20.9 Å². The highest BCUT2D eigenvalue weighted by atomic mass is 32.2. The van der Waals surface area contributed by atoms with Gasteiger partial charge in [-0.25, -0.2) is 9.59 Å². The molecule has 0 saturated heterocycles. The number of esters is 1. The van der Waals surface area contributed by atoms with Crippen molar-refractivity contribution >= 4 is 57.7 Å². The summed E-state index contributed by atoms with van der Waals surface area (Å²) >= 11 is 2.59. The van der Waals surface area contributed by atoms with Crippen molar-refractivity contribution in [2.24, 2.45) is 0 Å². The van der Waals surface area contributed by atoms with E-state index in [1.807, 2.05) is 64.1 Å². The molecule has 0 aliphatic carbocycles. The van der Waals surface area contributed by atoms with E-state index in [2.05, 4.69) is 10.6 Å². The number of nitrogens with one attached hydrogen (secondary N) is 2. The third-order valence-corrected chi connectivity index (χ3v) is 8.31. The summed E-state index contributed by atoms with van der Waals surface area (Å²) in [6, 6.07) is 14.6. The minimum Gasteiger partial charge on any atom is -0.462 e. The van der Waals surface area contributed by atoms with E-state index < -0.39 is 17.7 Å². The molecule has 9 nitrogen and oxygen atoms in total. The molecular formula is C31H35N3O6S2. The van der Waals surface area contributed by atoms with Gasteiger partial charge in [-0.15, -0.1) is 23.1 Å². The molecule has 3 amide bonds. The molecule has 0 spiro atoms. The van der Waals surface area contributed by atoms with Crippen molar-refractivity contribution in [3.05, 3.63) is 75.7 Å². The van der Waals surface area contributed by atoms with Gasteiger partial charge in [0.2, 0.25) is 5.91 Å². The molecule has 0 fully saturated rings. The number of thioether (sulfide) groups is 1. The molecule has 0 saturated carbocycles. The second kappa shape index (κ2) is 13.4. The molecular weight excluding hydrogens is 574 g/mol. The van der Waals surface area contributed by atoms with E-state index >= 15 is 0 Å². The van der Waals surface area contributed by atoms with Crippen LogP contribution in [-0.4, -0.2) is 53.3 Å². The highest BCUT2D eigenvalue weighted by Crippen LogP contribution is 2.38. The van der Waals surface area contributed by atoms with Crippen LogP contribution in [0, 0.1) is 6.92 Å². The van der Waals surface area contributed by atoms with Gasteiger partial charge in [0.15, 0.2) is 0 Å². The van der Waals surface area contributed by atoms with Crippen LogP contribution in [0.2, 0.25) is 0 Å². The number of aryl methyl sites for hydroxylation is 1. The Bertz CT molecular complexity index is 1490. The second-order valence-corrected chi connectivity index (χ2v) is 12.9. The van der Waals surface area contributed by atoms with E-state index in [1.54, 1.807) is 24.0 Å². The fourth-order valence-corrected chi connectivity index (χ4v) is 6.38. The van der Waals surface area contributed by atoms with Crippen LogP contribution in [0.15, 0.2) is 53.4 Å². The van der Waals surface area contributed by atoms with Crippen molar-refractivity contribution in [2.45, 2.75) is 58.1 Å². The molecule has 2 N–H and O–H groups in total. The Balaban J connectivity index is 1.42. The van der Waals surface area contributed by atoms with E-state index in [4.69, 9.17) is 9.47 Å². The summed E-state index contributed by atoms with van der Waals surface area (Å²) in [5.74, 6) is -0.913. The number of anilines is 2. The molecule has 2 heterocycles. The standard InChI is InChI=1S/C31H35N3O6S2/c1-6-39-29(37)26-23-13-14-34(30(38)40-31(3,4)5)17-24(23)42-28(26)33-25(35)18-41-22-12-8-11-21(16-22)32-27(36)20-10-7-9-19(2)15-20/h7-12,15-16H,6,13-14,17-18H2,1-5H3,(H,32,36)(H,33,35). The van der Waals surface area contributed by atoms with Crippen LogP contribution in [0.4, 0.5) is 15.5 Å². The van der Waals surface area contributed by atoms with Crippen LogP contribution in [0.3, 0.4) is 0 Å². The van der Waals surface area contributed by atoms with Gasteiger partial charge in [0.1, 0.15) is 10.6 Å². The fraction of sp³-hybridized carbons (Fsp3) is 0.355.